The maximum atomic E-state index is 13.1. The second-order valence-electron chi connectivity index (χ2n) is 3.97. The van der Waals surface area contributed by atoms with Crippen LogP contribution in [0.2, 0.25) is 5.02 Å². The lowest BCUT2D eigenvalue weighted by molar-refractivity contribution is 0.507. The van der Waals surface area contributed by atoms with Crippen LogP contribution in [0.15, 0.2) is 42.5 Å². The van der Waals surface area contributed by atoms with E-state index in [9.17, 15) is 8.78 Å². The Kier molecular flexibility index (Phi) is 4.20. The molecule has 0 heterocycles. The van der Waals surface area contributed by atoms with Crippen LogP contribution in [0, 0.1) is 11.6 Å². The highest BCUT2D eigenvalue weighted by Gasteiger charge is 2.11. The third-order valence-electron chi connectivity index (χ3n) is 2.63. The molecule has 2 aromatic rings. The van der Waals surface area contributed by atoms with E-state index in [0.29, 0.717) is 17.0 Å². The summed E-state index contributed by atoms with van der Waals surface area (Å²) >= 11 is 12.0. The molecule has 4 heteroatoms. The average molecular weight is 287 g/mol. The lowest BCUT2D eigenvalue weighted by Crippen LogP contribution is -1.97. The monoisotopic (exact) mass is 286 g/mol. The molecule has 94 valence electrons. The third-order valence-corrected chi connectivity index (χ3v) is 3.29. The molecule has 1 unspecified atom stereocenters. The second kappa shape index (κ2) is 5.68. The summed E-state index contributed by atoms with van der Waals surface area (Å²) in [5.74, 6) is -1.75. The van der Waals surface area contributed by atoms with Crippen molar-refractivity contribution < 1.29 is 8.78 Å². The molecule has 2 aromatic carbocycles. The smallest absolute Gasteiger partial charge is 0.159 e. The predicted molar refractivity (Wildman–Crippen MR) is 70.1 cm³/mol. The van der Waals surface area contributed by atoms with Crippen molar-refractivity contribution in [1.82, 2.24) is 0 Å². The van der Waals surface area contributed by atoms with Crippen LogP contribution < -0.4 is 0 Å². The van der Waals surface area contributed by atoms with Gasteiger partial charge in [-0.3, -0.25) is 0 Å². The lowest BCUT2D eigenvalue weighted by Gasteiger charge is -2.10. The van der Waals surface area contributed by atoms with E-state index < -0.39 is 17.0 Å². The maximum absolute atomic E-state index is 13.1. The highest BCUT2D eigenvalue weighted by molar-refractivity contribution is 6.30. The van der Waals surface area contributed by atoms with Crippen molar-refractivity contribution in [3.05, 3.63) is 70.2 Å². The van der Waals surface area contributed by atoms with Gasteiger partial charge in [-0.2, -0.15) is 0 Å². The van der Waals surface area contributed by atoms with Gasteiger partial charge in [0.25, 0.3) is 0 Å². The fourth-order valence-corrected chi connectivity index (χ4v) is 2.09. The number of rotatable bonds is 3. The van der Waals surface area contributed by atoms with Crippen LogP contribution >= 0.6 is 23.2 Å². The zero-order valence-corrected chi connectivity index (χ0v) is 10.8. The first kappa shape index (κ1) is 13.3. The molecule has 0 radical (unpaired) electrons. The molecule has 0 aliphatic carbocycles. The SMILES string of the molecule is Fc1ccc(C(Cl)Cc2ccc(Cl)cc2)cc1F. The van der Waals surface area contributed by atoms with Gasteiger partial charge in [0.15, 0.2) is 11.6 Å². The van der Waals surface area contributed by atoms with E-state index in [0.717, 1.165) is 17.7 Å². The van der Waals surface area contributed by atoms with Crippen LogP contribution in [0.1, 0.15) is 16.5 Å². The minimum atomic E-state index is -0.880. The van der Waals surface area contributed by atoms with E-state index in [1.807, 2.05) is 12.1 Å². The van der Waals surface area contributed by atoms with Gasteiger partial charge in [0.05, 0.1) is 5.38 Å². The Bertz CT molecular complexity index is 538. The predicted octanol–water partition coefficient (Wildman–Crippen LogP) is 5.14. The number of alkyl halides is 1. The Morgan fingerprint density at radius 1 is 0.944 bits per heavy atom. The van der Waals surface area contributed by atoms with Crippen LogP contribution in [-0.4, -0.2) is 0 Å². The molecule has 0 aliphatic rings. The van der Waals surface area contributed by atoms with Crippen molar-refractivity contribution in [3.63, 3.8) is 0 Å². The van der Waals surface area contributed by atoms with Gasteiger partial charge in [0, 0.05) is 5.02 Å². The summed E-state index contributed by atoms with van der Waals surface area (Å²) in [4.78, 5) is 0. The van der Waals surface area contributed by atoms with Crippen molar-refractivity contribution in [3.8, 4) is 0 Å². The Balaban J connectivity index is 2.13. The molecular formula is C14H10Cl2F2. The van der Waals surface area contributed by atoms with Gasteiger partial charge in [0.1, 0.15) is 0 Å². The summed E-state index contributed by atoms with van der Waals surface area (Å²) in [6.45, 7) is 0. The van der Waals surface area contributed by atoms with Gasteiger partial charge in [-0.1, -0.05) is 29.8 Å². The zero-order valence-electron chi connectivity index (χ0n) is 9.34. The van der Waals surface area contributed by atoms with E-state index in [1.54, 1.807) is 12.1 Å². The molecule has 0 bridgehead atoms. The molecule has 0 amide bonds. The van der Waals surface area contributed by atoms with Gasteiger partial charge in [-0.25, -0.2) is 8.78 Å². The zero-order chi connectivity index (χ0) is 13.1. The first-order valence-corrected chi connectivity index (χ1v) is 6.21. The van der Waals surface area contributed by atoms with Gasteiger partial charge in [0.2, 0.25) is 0 Å². The van der Waals surface area contributed by atoms with Gasteiger partial charge < -0.3 is 0 Å². The van der Waals surface area contributed by atoms with Gasteiger partial charge in [-0.15, -0.1) is 11.6 Å². The highest BCUT2D eigenvalue weighted by Crippen LogP contribution is 2.26. The van der Waals surface area contributed by atoms with E-state index in [1.165, 1.54) is 6.07 Å². The fourth-order valence-electron chi connectivity index (χ4n) is 1.65. The minimum Gasteiger partial charge on any atom is -0.204 e. The Morgan fingerprint density at radius 2 is 1.61 bits per heavy atom. The molecule has 2 rings (SSSR count). The molecule has 0 nitrogen and oxygen atoms in total. The summed E-state index contributed by atoms with van der Waals surface area (Å²) in [5, 5.41) is 0.249. The summed E-state index contributed by atoms with van der Waals surface area (Å²) in [6, 6.07) is 11.0. The molecule has 0 N–H and O–H groups in total. The molecule has 0 spiro atoms. The lowest BCUT2D eigenvalue weighted by atomic mass is 10.0. The molecular weight excluding hydrogens is 277 g/mol. The Morgan fingerprint density at radius 3 is 2.22 bits per heavy atom. The van der Waals surface area contributed by atoms with Crippen LogP contribution in [0.3, 0.4) is 0 Å². The molecule has 0 aliphatic heterocycles. The number of hydrogen-bond donors (Lipinski definition) is 0. The molecule has 0 saturated carbocycles. The highest BCUT2D eigenvalue weighted by atomic mass is 35.5. The van der Waals surface area contributed by atoms with Crippen molar-refractivity contribution in [2.75, 3.05) is 0 Å². The standard InChI is InChI=1S/C14H10Cl2F2/c15-11-4-1-9(2-5-11)7-12(16)10-3-6-13(17)14(18)8-10/h1-6,8,12H,7H2. The molecule has 0 saturated heterocycles. The minimum absolute atomic E-state index is 0.402. The van der Waals surface area contributed by atoms with Crippen molar-refractivity contribution in [2.24, 2.45) is 0 Å². The maximum Gasteiger partial charge on any atom is 0.159 e. The van der Waals surface area contributed by atoms with Gasteiger partial charge >= 0.3 is 0 Å². The second-order valence-corrected chi connectivity index (χ2v) is 4.93. The van der Waals surface area contributed by atoms with E-state index >= 15 is 0 Å². The summed E-state index contributed by atoms with van der Waals surface area (Å²) < 4.78 is 25.9. The van der Waals surface area contributed by atoms with Crippen LogP contribution in [0.25, 0.3) is 0 Å². The van der Waals surface area contributed by atoms with Crippen molar-refractivity contribution in [2.45, 2.75) is 11.8 Å². The molecule has 1 atom stereocenters. The number of halogens is 4. The van der Waals surface area contributed by atoms with Crippen LogP contribution in [-0.2, 0) is 6.42 Å². The van der Waals surface area contributed by atoms with Crippen molar-refractivity contribution >= 4 is 23.2 Å². The van der Waals surface area contributed by atoms with Crippen LogP contribution in [0.4, 0.5) is 8.78 Å². The Hall–Kier alpha value is -1.12. The number of benzene rings is 2. The normalized spacial score (nSPS) is 12.4. The first-order valence-electron chi connectivity index (χ1n) is 5.40. The van der Waals surface area contributed by atoms with Gasteiger partial charge in [-0.05, 0) is 41.8 Å². The summed E-state index contributed by atoms with van der Waals surface area (Å²) in [7, 11) is 0. The average Bonchev–Trinajstić information content (AvgIpc) is 2.35. The topological polar surface area (TPSA) is 0 Å². The summed E-state index contributed by atoms with van der Waals surface area (Å²) in [5.41, 5.74) is 1.55. The third kappa shape index (κ3) is 3.21. The quantitative estimate of drug-likeness (QED) is 0.685. The summed E-state index contributed by atoms with van der Waals surface area (Å²) in [6.07, 6.45) is 0.532. The molecule has 18 heavy (non-hydrogen) atoms. The Labute approximate surface area is 114 Å². The largest absolute Gasteiger partial charge is 0.204 e. The number of hydrogen-bond acceptors (Lipinski definition) is 0. The van der Waals surface area contributed by atoms with E-state index in [-0.39, 0.29) is 0 Å². The molecule has 0 aromatic heterocycles. The van der Waals surface area contributed by atoms with Crippen LogP contribution in [0.5, 0.6) is 0 Å². The molecule has 0 fully saturated rings. The first-order chi connectivity index (χ1) is 8.56. The van der Waals surface area contributed by atoms with E-state index in [2.05, 4.69) is 0 Å². The fraction of sp³-hybridized carbons (Fsp3) is 0.143. The van der Waals surface area contributed by atoms with E-state index in [4.69, 9.17) is 23.2 Å². The van der Waals surface area contributed by atoms with Crippen molar-refractivity contribution in [1.29, 1.82) is 0 Å².